The molecule has 4 N–H and O–H groups in total. The number of tetrazole rings is 1. The quantitative estimate of drug-likeness (QED) is 0.734. The van der Waals surface area contributed by atoms with Crippen molar-refractivity contribution in [2.45, 2.75) is 38.1 Å². The van der Waals surface area contributed by atoms with Crippen LogP contribution in [0, 0.1) is 0 Å². The lowest BCUT2D eigenvalue weighted by molar-refractivity contribution is 0.463. The van der Waals surface area contributed by atoms with Crippen molar-refractivity contribution in [1.82, 2.24) is 20.6 Å². The van der Waals surface area contributed by atoms with Crippen molar-refractivity contribution in [3.8, 4) is 11.4 Å². The molecule has 19 heavy (non-hydrogen) atoms. The van der Waals surface area contributed by atoms with Gasteiger partial charge in [0.15, 0.2) is 5.82 Å². The van der Waals surface area contributed by atoms with Gasteiger partial charge < -0.3 is 11.1 Å². The van der Waals surface area contributed by atoms with E-state index in [0.717, 1.165) is 16.9 Å². The molecule has 1 fully saturated rings. The molecule has 0 unspecified atom stereocenters. The highest BCUT2D eigenvalue weighted by Gasteiger charge is 2.14. The molecule has 3 rings (SSSR count). The minimum absolute atomic E-state index is 0.550. The number of anilines is 2. The summed E-state index contributed by atoms with van der Waals surface area (Å²) in [6, 6.07) is 6.42. The van der Waals surface area contributed by atoms with Gasteiger partial charge in [0.25, 0.3) is 0 Å². The number of nitrogens with two attached hydrogens (primary N) is 1. The third-order valence-electron chi connectivity index (χ3n) is 3.64. The number of nitrogen functional groups attached to an aromatic ring is 1. The van der Waals surface area contributed by atoms with Gasteiger partial charge in [0.2, 0.25) is 0 Å². The van der Waals surface area contributed by atoms with Crippen LogP contribution in [0.25, 0.3) is 11.4 Å². The molecule has 0 atom stereocenters. The summed E-state index contributed by atoms with van der Waals surface area (Å²) in [6.45, 7) is 0. The molecule has 0 radical (unpaired) electrons. The summed E-state index contributed by atoms with van der Waals surface area (Å²) in [6.07, 6.45) is 6.42. The number of aromatic nitrogens is 4. The van der Waals surface area contributed by atoms with Gasteiger partial charge in [-0.05, 0) is 41.5 Å². The van der Waals surface area contributed by atoms with Crippen LogP contribution < -0.4 is 11.1 Å². The molecule has 6 nitrogen and oxygen atoms in total. The average molecular weight is 258 g/mol. The monoisotopic (exact) mass is 258 g/mol. The highest BCUT2D eigenvalue weighted by atomic mass is 15.5. The highest BCUT2D eigenvalue weighted by Crippen LogP contribution is 2.28. The number of hydrogen-bond donors (Lipinski definition) is 3. The molecule has 0 saturated heterocycles. The smallest absolute Gasteiger partial charge is 0.179 e. The molecule has 1 saturated carbocycles. The molecule has 1 heterocycles. The zero-order valence-electron chi connectivity index (χ0n) is 10.8. The Labute approximate surface area is 111 Å². The fourth-order valence-electron chi connectivity index (χ4n) is 2.59. The number of hydrogen-bond acceptors (Lipinski definition) is 5. The van der Waals surface area contributed by atoms with Crippen molar-refractivity contribution < 1.29 is 0 Å². The van der Waals surface area contributed by atoms with Crippen LogP contribution in [0.2, 0.25) is 0 Å². The molecule has 1 aliphatic carbocycles. The Kier molecular flexibility index (Phi) is 3.31. The summed E-state index contributed by atoms with van der Waals surface area (Å²) >= 11 is 0. The van der Waals surface area contributed by atoms with Crippen LogP contribution in [0.5, 0.6) is 0 Å². The molecule has 0 bridgehead atoms. The highest BCUT2D eigenvalue weighted by molar-refractivity contribution is 5.73. The Hall–Kier alpha value is -2.11. The molecule has 6 heteroatoms. The average Bonchev–Trinajstić information content (AvgIpc) is 2.96. The molecule has 1 aromatic carbocycles. The van der Waals surface area contributed by atoms with E-state index in [1.165, 1.54) is 32.1 Å². The minimum atomic E-state index is 0.550. The fraction of sp³-hybridized carbons (Fsp3) is 0.462. The van der Waals surface area contributed by atoms with Crippen molar-refractivity contribution >= 4 is 11.4 Å². The van der Waals surface area contributed by atoms with Gasteiger partial charge in [-0.1, -0.05) is 19.3 Å². The first-order valence-corrected chi connectivity index (χ1v) is 6.73. The fourth-order valence-corrected chi connectivity index (χ4v) is 2.59. The van der Waals surface area contributed by atoms with Crippen LogP contribution in [-0.2, 0) is 0 Å². The van der Waals surface area contributed by atoms with E-state index in [1.807, 2.05) is 18.2 Å². The van der Waals surface area contributed by atoms with Gasteiger partial charge in [-0.2, -0.15) is 0 Å². The van der Waals surface area contributed by atoms with E-state index < -0.39 is 0 Å². The molecule has 0 aliphatic heterocycles. The van der Waals surface area contributed by atoms with Crippen molar-refractivity contribution in [2.75, 3.05) is 11.1 Å². The van der Waals surface area contributed by atoms with Crippen LogP contribution in [0.3, 0.4) is 0 Å². The molecule has 100 valence electrons. The van der Waals surface area contributed by atoms with E-state index in [2.05, 4.69) is 25.9 Å². The van der Waals surface area contributed by atoms with Crippen LogP contribution >= 0.6 is 0 Å². The van der Waals surface area contributed by atoms with Gasteiger partial charge in [-0.15, -0.1) is 5.10 Å². The van der Waals surface area contributed by atoms with Gasteiger partial charge in [0.05, 0.1) is 11.4 Å². The topological polar surface area (TPSA) is 92.5 Å². The standard InChI is InChI=1S/C13H18N6/c14-11-8-9(13-16-18-19-17-13)6-7-12(11)15-10-4-2-1-3-5-10/h6-8,10,15H,1-5,14H2,(H,16,17,18,19). The first-order valence-electron chi connectivity index (χ1n) is 6.73. The Bertz CT molecular complexity index is 530. The number of rotatable bonds is 3. The summed E-state index contributed by atoms with van der Waals surface area (Å²) in [7, 11) is 0. The summed E-state index contributed by atoms with van der Waals surface area (Å²) < 4.78 is 0. The van der Waals surface area contributed by atoms with Gasteiger partial charge in [-0.25, -0.2) is 5.10 Å². The summed E-state index contributed by atoms with van der Waals surface area (Å²) in [5.74, 6) is 0.635. The molecule has 1 aliphatic rings. The lowest BCUT2D eigenvalue weighted by Crippen LogP contribution is -2.22. The van der Waals surface area contributed by atoms with Gasteiger partial charge in [0, 0.05) is 11.6 Å². The van der Waals surface area contributed by atoms with Gasteiger partial charge in [0.1, 0.15) is 0 Å². The summed E-state index contributed by atoms with van der Waals surface area (Å²) in [4.78, 5) is 0. The number of aromatic amines is 1. The van der Waals surface area contributed by atoms with Crippen LogP contribution in [-0.4, -0.2) is 26.7 Å². The predicted octanol–water partition coefficient (Wildman–Crippen LogP) is 2.19. The van der Waals surface area contributed by atoms with E-state index in [9.17, 15) is 0 Å². The maximum Gasteiger partial charge on any atom is 0.179 e. The lowest BCUT2D eigenvalue weighted by Gasteiger charge is -2.24. The second-order valence-corrected chi connectivity index (χ2v) is 5.03. The molecular weight excluding hydrogens is 240 g/mol. The van der Waals surface area contributed by atoms with Crippen molar-refractivity contribution in [3.05, 3.63) is 18.2 Å². The maximum atomic E-state index is 6.10. The normalized spacial score (nSPS) is 16.4. The van der Waals surface area contributed by atoms with Crippen LogP contribution in [0.1, 0.15) is 32.1 Å². The van der Waals surface area contributed by atoms with Gasteiger partial charge >= 0.3 is 0 Å². The largest absolute Gasteiger partial charge is 0.397 e. The Morgan fingerprint density at radius 2 is 2.05 bits per heavy atom. The van der Waals surface area contributed by atoms with Crippen LogP contribution in [0.4, 0.5) is 11.4 Å². The second-order valence-electron chi connectivity index (χ2n) is 5.03. The lowest BCUT2D eigenvalue weighted by atomic mass is 9.95. The zero-order chi connectivity index (χ0) is 13.1. The molecule has 0 amide bonds. The Morgan fingerprint density at radius 1 is 1.21 bits per heavy atom. The number of nitrogens with one attached hydrogen (secondary N) is 2. The molecule has 0 spiro atoms. The number of benzene rings is 1. The second kappa shape index (κ2) is 5.26. The third kappa shape index (κ3) is 2.67. The first kappa shape index (κ1) is 12.0. The van der Waals surface area contributed by atoms with Crippen molar-refractivity contribution in [3.63, 3.8) is 0 Å². The van der Waals surface area contributed by atoms with E-state index in [-0.39, 0.29) is 0 Å². The summed E-state index contributed by atoms with van der Waals surface area (Å²) in [5, 5.41) is 17.3. The van der Waals surface area contributed by atoms with E-state index >= 15 is 0 Å². The first-order chi connectivity index (χ1) is 9.33. The van der Waals surface area contributed by atoms with E-state index in [4.69, 9.17) is 5.73 Å². The predicted molar refractivity (Wildman–Crippen MR) is 74.5 cm³/mol. The third-order valence-corrected chi connectivity index (χ3v) is 3.64. The van der Waals surface area contributed by atoms with E-state index in [1.54, 1.807) is 0 Å². The molecule has 2 aromatic rings. The van der Waals surface area contributed by atoms with Crippen LogP contribution in [0.15, 0.2) is 18.2 Å². The number of nitrogens with zero attached hydrogens (tertiary/aromatic N) is 3. The Morgan fingerprint density at radius 3 is 2.74 bits per heavy atom. The van der Waals surface area contributed by atoms with Crippen molar-refractivity contribution in [1.29, 1.82) is 0 Å². The Balaban J connectivity index is 1.76. The number of H-pyrrole nitrogens is 1. The molecular formula is C13H18N6. The maximum absolute atomic E-state index is 6.10. The SMILES string of the molecule is Nc1cc(-c2nnn[nH]2)ccc1NC1CCCCC1. The molecule has 1 aromatic heterocycles. The van der Waals surface area contributed by atoms with Gasteiger partial charge in [-0.3, -0.25) is 0 Å². The van der Waals surface area contributed by atoms with E-state index in [0.29, 0.717) is 11.9 Å². The van der Waals surface area contributed by atoms with Crippen molar-refractivity contribution in [2.24, 2.45) is 0 Å². The zero-order valence-corrected chi connectivity index (χ0v) is 10.8. The summed E-state index contributed by atoms with van der Waals surface area (Å²) in [5.41, 5.74) is 8.74. The minimum Gasteiger partial charge on any atom is -0.397 e.